The van der Waals surface area contributed by atoms with Crippen LogP contribution >= 0.6 is 11.3 Å². The highest BCUT2D eigenvalue weighted by Gasteiger charge is 2.24. The van der Waals surface area contributed by atoms with Crippen LogP contribution in [0.15, 0.2) is 30.6 Å². The summed E-state index contributed by atoms with van der Waals surface area (Å²) in [5.74, 6) is 2.26. The third-order valence-electron chi connectivity index (χ3n) is 5.63. The monoisotopic (exact) mass is 482 g/mol. The Bertz CT molecular complexity index is 1280. The first kappa shape index (κ1) is 22.3. The highest BCUT2D eigenvalue weighted by atomic mass is 32.1. The zero-order valence-electron chi connectivity index (χ0n) is 18.9. The highest BCUT2D eigenvalue weighted by Crippen LogP contribution is 2.37. The highest BCUT2D eigenvalue weighted by molar-refractivity contribution is 7.22. The van der Waals surface area contributed by atoms with E-state index in [9.17, 15) is 5.11 Å². The van der Waals surface area contributed by atoms with Crippen molar-refractivity contribution in [3.8, 4) is 11.5 Å². The van der Waals surface area contributed by atoms with E-state index >= 15 is 0 Å². The van der Waals surface area contributed by atoms with Crippen molar-refractivity contribution in [3.63, 3.8) is 0 Å². The van der Waals surface area contributed by atoms with E-state index in [0.29, 0.717) is 29.0 Å². The van der Waals surface area contributed by atoms with Crippen LogP contribution in [0.2, 0.25) is 0 Å². The van der Waals surface area contributed by atoms with Gasteiger partial charge in [-0.25, -0.2) is 15.0 Å². The molecule has 0 unspecified atom stereocenters. The molecule has 2 atom stereocenters. The molecule has 0 amide bonds. The van der Waals surface area contributed by atoms with E-state index in [4.69, 9.17) is 14.5 Å². The normalized spacial score (nSPS) is 18.1. The summed E-state index contributed by atoms with van der Waals surface area (Å²) in [7, 11) is 3.40. The molecule has 0 spiro atoms. The maximum absolute atomic E-state index is 10.3. The van der Waals surface area contributed by atoms with Crippen LogP contribution in [0.4, 0.5) is 16.9 Å². The number of rotatable bonds is 8. The van der Waals surface area contributed by atoms with Gasteiger partial charge in [-0.1, -0.05) is 29.4 Å². The molecule has 0 bridgehead atoms. The molecule has 11 nitrogen and oxygen atoms in total. The van der Waals surface area contributed by atoms with E-state index in [1.165, 1.54) is 11.3 Å². The molecule has 1 fully saturated rings. The van der Waals surface area contributed by atoms with Crippen LogP contribution in [0.1, 0.15) is 31.4 Å². The van der Waals surface area contributed by atoms with Crippen LogP contribution < -0.4 is 20.1 Å². The van der Waals surface area contributed by atoms with Crippen LogP contribution in [0.3, 0.4) is 0 Å². The molecule has 3 heterocycles. The summed E-state index contributed by atoms with van der Waals surface area (Å²) in [4.78, 5) is 13.4. The van der Waals surface area contributed by atoms with Crippen molar-refractivity contribution in [2.45, 2.75) is 44.4 Å². The first-order valence-electron chi connectivity index (χ1n) is 11.1. The first-order valence-corrected chi connectivity index (χ1v) is 11.9. The summed E-state index contributed by atoms with van der Waals surface area (Å²) in [6, 6.07) is 5.58. The SMILES string of the molecule is COc1cc(OCc2ccnc(Nc3cn(C)nn3)n2)cc2sc(N[C@H]3CCCC[C@@H]3O)nc12. The predicted molar refractivity (Wildman–Crippen MR) is 129 cm³/mol. The molecule has 4 aromatic rings. The minimum absolute atomic E-state index is 0.0264. The molecule has 0 radical (unpaired) electrons. The van der Waals surface area contributed by atoms with Gasteiger partial charge in [-0.2, -0.15) is 0 Å². The van der Waals surface area contributed by atoms with Gasteiger partial charge in [0.05, 0.1) is 35.8 Å². The fourth-order valence-corrected chi connectivity index (χ4v) is 4.90. The van der Waals surface area contributed by atoms with E-state index in [0.717, 1.165) is 41.0 Å². The Morgan fingerprint density at radius 2 is 2.12 bits per heavy atom. The van der Waals surface area contributed by atoms with Crippen molar-refractivity contribution < 1.29 is 14.6 Å². The summed E-state index contributed by atoms with van der Waals surface area (Å²) in [5.41, 5.74) is 1.48. The molecule has 3 N–H and O–H groups in total. The van der Waals surface area contributed by atoms with Crippen molar-refractivity contribution in [2.75, 3.05) is 17.7 Å². The lowest BCUT2D eigenvalue weighted by molar-refractivity contribution is 0.116. The van der Waals surface area contributed by atoms with Crippen molar-refractivity contribution in [3.05, 3.63) is 36.3 Å². The number of aliphatic hydroxyl groups excluding tert-OH is 1. The average molecular weight is 483 g/mol. The summed E-state index contributed by atoms with van der Waals surface area (Å²) in [6.07, 6.45) is 6.99. The van der Waals surface area contributed by atoms with Gasteiger partial charge < -0.3 is 25.2 Å². The van der Waals surface area contributed by atoms with Crippen LogP contribution in [-0.2, 0) is 13.7 Å². The Kier molecular flexibility index (Phi) is 6.41. The summed E-state index contributed by atoms with van der Waals surface area (Å²) in [6.45, 7) is 0.254. The van der Waals surface area contributed by atoms with E-state index in [2.05, 4.69) is 30.9 Å². The largest absolute Gasteiger partial charge is 0.494 e. The van der Waals surface area contributed by atoms with Gasteiger partial charge in [0.25, 0.3) is 0 Å². The second-order valence-corrected chi connectivity index (χ2v) is 9.19. The first-order chi connectivity index (χ1) is 16.6. The van der Waals surface area contributed by atoms with E-state index < -0.39 is 0 Å². The number of anilines is 3. The van der Waals surface area contributed by atoms with Gasteiger partial charge in [0.2, 0.25) is 5.95 Å². The standard InChI is InChI=1S/C22H26N8O3S/c1-30-11-19(28-29-30)26-21-23-8-7-13(24-21)12-33-14-9-17(32-2)20-18(10-14)34-22(27-20)25-15-5-3-4-6-16(15)31/h7-11,15-16,31H,3-6,12H2,1-2H3,(H,25,27)(H,23,24,26)/t15-,16-/m0/s1. The number of hydrogen-bond acceptors (Lipinski definition) is 11. The lowest BCUT2D eigenvalue weighted by atomic mass is 9.93. The Hall–Kier alpha value is -3.51. The number of aliphatic hydroxyl groups is 1. The Morgan fingerprint density at radius 3 is 2.91 bits per heavy atom. The van der Waals surface area contributed by atoms with E-state index in [1.807, 2.05) is 12.1 Å². The molecule has 3 aromatic heterocycles. The maximum Gasteiger partial charge on any atom is 0.228 e. The number of ether oxygens (including phenoxy) is 2. The Morgan fingerprint density at radius 1 is 1.24 bits per heavy atom. The molecule has 1 aromatic carbocycles. The molecule has 1 saturated carbocycles. The molecule has 12 heteroatoms. The van der Waals surface area contributed by atoms with Crippen LogP contribution in [0, 0.1) is 0 Å². The lowest BCUT2D eigenvalue weighted by Crippen LogP contribution is -2.36. The molecule has 1 aliphatic carbocycles. The fraction of sp³-hybridized carbons (Fsp3) is 0.409. The number of aryl methyl sites for hydroxylation is 1. The number of hydrogen-bond donors (Lipinski definition) is 3. The van der Waals surface area contributed by atoms with Crippen LogP contribution in [0.25, 0.3) is 10.2 Å². The van der Waals surface area contributed by atoms with Gasteiger partial charge in [-0.3, -0.25) is 4.68 Å². The number of benzene rings is 1. The van der Waals surface area contributed by atoms with Crippen molar-refractivity contribution in [1.82, 2.24) is 29.9 Å². The molecule has 34 heavy (non-hydrogen) atoms. The molecule has 1 aliphatic rings. The average Bonchev–Trinajstić information content (AvgIpc) is 3.44. The van der Waals surface area contributed by atoms with Crippen molar-refractivity contribution in [2.24, 2.45) is 7.05 Å². The van der Waals surface area contributed by atoms with Gasteiger partial charge in [0.15, 0.2) is 10.9 Å². The predicted octanol–water partition coefficient (Wildman–Crippen LogP) is 3.26. The summed E-state index contributed by atoms with van der Waals surface area (Å²) in [5, 5.41) is 25.3. The Balaban J connectivity index is 1.29. The third kappa shape index (κ3) is 5.02. The second-order valence-electron chi connectivity index (χ2n) is 8.16. The van der Waals surface area contributed by atoms with Crippen molar-refractivity contribution in [1.29, 1.82) is 0 Å². The van der Waals surface area contributed by atoms with Crippen LogP contribution in [-0.4, -0.2) is 54.3 Å². The fourth-order valence-electron chi connectivity index (χ4n) is 3.93. The smallest absolute Gasteiger partial charge is 0.228 e. The molecule has 0 aliphatic heterocycles. The van der Waals surface area contributed by atoms with Gasteiger partial charge in [0.1, 0.15) is 23.6 Å². The molecular formula is C22H26N8O3S. The van der Waals surface area contributed by atoms with Gasteiger partial charge >= 0.3 is 0 Å². The second kappa shape index (κ2) is 9.77. The summed E-state index contributed by atoms with van der Waals surface area (Å²) < 4.78 is 14.1. The zero-order chi connectivity index (χ0) is 23.5. The maximum atomic E-state index is 10.3. The zero-order valence-corrected chi connectivity index (χ0v) is 19.7. The quantitative estimate of drug-likeness (QED) is 0.344. The number of methoxy groups -OCH3 is 1. The molecule has 0 saturated heterocycles. The number of nitrogens with one attached hydrogen (secondary N) is 2. The molecule has 178 valence electrons. The topological polar surface area (TPSA) is 132 Å². The van der Waals surface area contributed by atoms with Gasteiger partial charge in [-0.05, 0) is 25.0 Å². The van der Waals surface area contributed by atoms with E-state index in [1.54, 1.807) is 37.3 Å². The Labute approximate surface area is 200 Å². The number of aromatic nitrogens is 6. The minimum atomic E-state index is -0.345. The number of fused-ring (bicyclic) bond motifs is 1. The van der Waals surface area contributed by atoms with Gasteiger partial charge in [0, 0.05) is 19.3 Å². The van der Waals surface area contributed by atoms with E-state index in [-0.39, 0.29) is 18.8 Å². The van der Waals surface area contributed by atoms with Gasteiger partial charge in [-0.15, -0.1) is 5.10 Å². The lowest BCUT2D eigenvalue weighted by Gasteiger charge is -2.27. The molecular weight excluding hydrogens is 456 g/mol. The number of thiazole rings is 1. The van der Waals surface area contributed by atoms with Crippen molar-refractivity contribution >= 4 is 38.5 Å². The third-order valence-corrected chi connectivity index (χ3v) is 6.57. The molecule has 5 rings (SSSR count). The number of nitrogens with zero attached hydrogens (tertiary/aromatic N) is 6. The minimum Gasteiger partial charge on any atom is -0.494 e. The summed E-state index contributed by atoms with van der Waals surface area (Å²) >= 11 is 1.52. The van der Waals surface area contributed by atoms with Crippen LogP contribution in [0.5, 0.6) is 11.5 Å².